The summed E-state index contributed by atoms with van der Waals surface area (Å²) >= 11 is 0.932. The van der Waals surface area contributed by atoms with Crippen molar-refractivity contribution in [1.29, 1.82) is 0 Å². The van der Waals surface area contributed by atoms with Crippen molar-refractivity contribution in [3.63, 3.8) is 0 Å². The number of nitrogens with one attached hydrogen (secondary N) is 1. The second-order valence-corrected chi connectivity index (χ2v) is 6.85. The number of nitrogens with zero attached hydrogens (tertiary/aromatic N) is 1. The van der Waals surface area contributed by atoms with Gasteiger partial charge in [0.1, 0.15) is 4.21 Å². The van der Waals surface area contributed by atoms with Crippen LogP contribution in [0.5, 0.6) is 0 Å². The lowest BCUT2D eigenvalue weighted by molar-refractivity contribution is 0.102. The van der Waals surface area contributed by atoms with E-state index in [0.29, 0.717) is 5.56 Å². The number of benzene rings is 1. The van der Waals surface area contributed by atoms with E-state index in [0.717, 1.165) is 17.6 Å². The zero-order valence-corrected chi connectivity index (χ0v) is 11.1. The summed E-state index contributed by atoms with van der Waals surface area (Å²) in [4.78, 5) is 15.6. The predicted molar refractivity (Wildman–Crippen MR) is 69.6 cm³/mol. The Hall–Kier alpha value is -1.73. The molecular weight excluding hydrogens is 272 g/mol. The van der Waals surface area contributed by atoms with E-state index in [4.69, 9.17) is 0 Å². The van der Waals surface area contributed by atoms with Crippen molar-refractivity contribution in [1.82, 2.24) is 4.98 Å². The molecule has 1 heterocycles. The molecule has 0 aliphatic rings. The van der Waals surface area contributed by atoms with Crippen LogP contribution in [0.4, 0.5) is 5.13 Å². The zero-order chi connectivity index (χ0) is 13.2. The van der Waals surface area contributed by atoms with Gasteiger partial charge in [-0.25, -0.2) is 13.4 Å². The first-order valence-corrected chi connectivity index (χ1v) is 7.70. The van der Waals surface area contributed by atoms with Crippen LogP contribution in [-0.4, -0.2) is 25.6 Å². The fraction of sp³-hybridized carbons (Fsp3) is 0.0909. The Kier molecular flexibility index (Phi) is 3.44. The third kappa shape index (κ3) is 2.93. The van der Waals surface area contributed by atoms with Crippen LogP contribution in [0.3, 0.4) is 0 Å². The first-order valence-electron chi connectivity index (χ1n) is 4.99. The molecule has 1 amide bonds. The third-order valence-corrected chi connectivity index (χ3v) is 4.81. The van der Waals surface area contributed by atoms with E-state index in [-0.39, 0.29) is 15.2 Å². The first-order chi connectivity index (χ1) is 8.47. The molecule has 0 radical (unpaired) electrons. The molecule has 0 aliphatic heterocycles. The first kappa shape index (κ1) is 12.7. The Morgan fingerprint density at radius 1 is 1.28 bits per heavy atom. The van der Waals surface area contributed by atoms with Crippen LogP contribution in [0.15, 0.2) is 40.7 Å². The van der Waals surface area contributed by atoms with Crippen molar-refractivity contribution in [2.45, 2.75) is 4.21 Å². The summed E-state index contributed by atoms with van der Waals surface area (Å²) in [6, 6.07) is 8.64. The van der Waals surface area contributed by atoms with Crippen molar-refractivity contribution in [2.24, 2.45) is 0 Å². The number of carbonyl (C=O) groups excluding carboxylic acids is 1. The van der Waals surface area contributed by atoms with Gasteiger partial charge in [-0.3, -0.25) is 10.1 Å². The van der Waals surface area contributed by atoms with Gasteiger partial charge >= 0.3 is 0 Å². The summed E-state index contributed by atoms with van der Waals surface area (Å²) in [6.45, 7) is 0. The van der Waals surface area contributed by atoms with Gasteiger partial charge in [0.05, 0.1) is 6.20 Å². The van der Waals surface area contributed by atoms with E-state index < -0.39 is 9.84 Å². The topological polar surface area (TPSA) is 76.1 Å². The minimum atomic E-state index is -3.28. The molecule has 5 nitrogen and oxygen atoms in total. The number of rotatable bonds is 3. The number of aromatic nitrogens is 1. The monoisotopic (exact) mass is 282 g/mol. The Morgan fingerprint density at radius 2 is 1.94 bits per heavy atom. The summed E-state index contributed by atoms with van der Waals surface area (Å²) < 4.78 is 22.6. The van der Waals surface area contributed by atoms with Gasteiger partial charge in [0.2, 0.25) is 0 Å². The van der Waals surface area contributed by atoms with Crippen LogP contribution < -0.4 is 5.32 Å². The van der Waals surface area contributed by atoms with Crippen LogP contribution in [0.25, 0.3) is 0 Å². The SMILES string of the molecule is CS(=O)(=O)c1cnc(NC(=O)c2ccccc2)s1. The number of amides is 1. The average molecular weight is 282 g/mol. The van der Waals surface area contributed by atoms with Crippen molar-refractivity contribution < 1.29 is 13.2 Å². The molecule has 1 aromatic carbocycles. The van der Waals surface area contributed by atoms with Gasteiger partial charge < -0.3 is 0 Å². The smallest absolute Gasteiger partial charge is 0.257 e. The molecule has 2 rings (SSSR count). The van der Waals surface area contributed by atoms with E-state index in [9.17, 15) is 13.2 Å². The van der Waals surface area contributed by atoms with Gasteiger partial charge in [0.25, 0.3) is 5.91 Å². The predicted octanol–water partition coefficient (Wildman–Crippen LogP) is 1.80. The minimum absolute atomic E-state index is 0.130. The van der Waals surface area contributed by atoms with Crippen LogP contribution >= 0.6 is 11.3 Å². The Labute approximate surface area is 108 Å². The Balaban J connectivity index is 2.16. The number of carbonyl (C=O) groups is 1. The molecule has 1 aromatic heterocycles. The fourth-order valence-electron chi connectivity index (χ4n) is 1.25. The summed E-state index contributed by atoms with van der Waals surface area (Å²) in [6.07, 6.45) is 2.34. The highest BCUT2D eigenvalue weighted by molar-refractivity contribution is 7.92. The van der Waals surface area contributed by atoms with Crippen molar-refractivity contribution in [2.75, 3.05) is 11.6 Å². The number of anilines is 1. The molecule has 0 fully saturated rings. The fourth-order valence-corrected chi connectivity index (χ4v) is 2.88. The quantitative estimate of drug-likeness (QED) is 0.931. The molecular formula is C11H10N2O3S2. The van der Waals surface area contributed by atoms with Gasteiger partial charge in [-0.2, -0.15) is 0 Å². The molecule has 0 spiro atoms. The molecule has 0 atom stereocenters. The van der Waals surface area contributed by atoms with E-state index in [1.165, 1.54) is 6.20 Å². The zero-order valence-electron chi connectivity index (χ0n) is 9.45. The van der Waals surface area contributed by atoms with Gasteiger partial charge in [0.15, 0.2) is 15.0 Å². The molecule has 94 valence electrons. The number of thiazole rings is 1. The standard InChI is InChI=1S/C11H10N2O3S2/c1-18(15,16)9-7-12-11(17-9)13-10(14)8-5-3-2-4-6-8/h2-7H,1H3,(H,12,13,14). The second-order valence-electron chi connectivity index (χ2n) is 3.58. The van der Waals surface area contributed by atoms with Crippen LogP contribution in [0.2, 0.25) is 0 Å². The molecule has 0 bridgehead atoms. The lowest BCUT2D eigenvalue weighted by atomic mass is 10.2. The molecule has 18 heavy (non-hydrogen) atoms. The highest BCUT2D eigenvalue weighted by atomic mass is 32.2. The normalized spacial score (nSPS) is 11.2. The lowest BCUT2D eigenvalue weighted by Gasteiger charge is -2.00. The van der Waals surface area contributed by atoms with Crippen molar-refractivity contribution >= 4 is 32.2 Å². The average Bonchev–Trinajstić information content (AvgIpc) is 2.78. The third-order valence-electron chi connectivity index (χ3n) is 2.11. The maximum atomic E-state index is 11.8. The van der Waals surface area contributed by atoms with Crippen LogP contribution in [0.1, 0.15) is 10.4 Å². The highest BCUT2D eigenvalue weighted by Crippen LogP contribution is 2.22. The second kappa shape index (κ2) is 4.87. The van der Waals surface area contributed by atoms with Crippen molar-refractivity contribution in [3.8, 4) is 0 Å². The van der Waals surface area contributed by atoms with E-state index in [2.05, 4.69) is 10.3 Å². The number of sulfone groups is 1. The summed E-state index contributed by atoms with van der Waals surface area (Å²) in [5.41, 5.74) is 0.494. The summed E-state index contributed by atoms with van der Waals surface area (Å²) in [5.74, 6) is -0.315. The van der Waals surface area contributed by atoms with E-state index >= 15 is 0 Å². The largest absolute Gasteiger partial charge is 0.298 e. The summed E-state index contributed by atoms with van der Waals surface area (Å²) in [5, 5.41) is 2.82. The Morgan fingerprint density at radius 3 is 2.50 bits per heavy atom. The molecule has 0 saturated heterocycles. The molecule has 7 heteroatoms. The van der Waals surface area contributed by atoms with Gasteiger partial charge in [-0.15, -0.1) is 0 Å². The summed E-state index contributed by atoms with van der Waals surface area (Å²) in [7, 11) is -3.28. The lowest BCUT2D eigenvalue weighted by Crippen LogP contribution is -2.11. The van der Waals surface area contributed by atoms with E-state index in [1.54, 1.807) is 24.3 Å². The minimum Gasteiger partial charge on any atom is -0.298 e. The number of hydrogen-bond donors (Lipinski definition) is 1. The maximum Gasteiger partial charge on any atom is 0.257 e. The molecule has 2 aromatic rings. The molecule has 0 saturated carbocycles. The maximum absolute atomic E-state index is 11.8. The molecule has 1 N–H and O–H groups in total. The van der Waals surface area contributed by atoms with Crippen LogP contribution in [-0.2, 0) is 9.84 Å². The highest BCUT2D eigenvalue weighted by Gasteiger charge is 2.14. The van der Waals surface area contributed by atoms with Gasteiger partial charge in [0, 0.05) is 11.8 Å². The number of hydrogen-bond acceptors (Lipinski definition) is 5. The molecule has 0 unspecified atom stereocenters. The Bertz CT molecular complexity index is 663. The van der Waals surface area contributed by atoms with Gasteiger partial charge in [-0.05, 0) is 12.1 Å². The van der Waals surface area contributed by atoms with Gasteiger partial charge in [-0.1, -0.05) is 29.5 Å². The molecule has 0 aliphatic carbocycles. The van der Waals surface area contributed by atoms with E-state index in [1.807, 2.05) is 6.07 Å². The van der Waals surface area contributed by atoms with Crippen LogP contribution in [0, 0.1) is 0 Å². The van der Waals surface area contributed by atoms with Crippen molar-refractivity contribution in [3.05, 3.63) is 42.1 Å².